The lowest BCUT2D eigenvalue weighted by atomic mass is 9.91. The van der Waals surface area contributed by atoms with E-state index < -0.39 is 0 Å². The zero-order valence-corrected chi connectivity index (χ0v) is 15.1. The Labute approximate surface area is 153 Å². The van der Waals surface area contributed by atoms with Crippen molar-refractivity contribution in [3.63, 3.8) is 0 Å². The number of halogens is 1. The first-order valence-corrected chi connectivity index (χ1v) is 8.40. The average Bonchev–Trinajstić information content (AvgIpc) is 3.02. The van der Waals surface area contributed by atoms with Crippen LogP contribution < -0.4 is 26.0 Å². The number of nitrogens with two attached hydrogens (primary N) is 1. The number of methoxy groups -OCH3 is 1. The maximum atomic E-state index is 12.6. The van der Waals surface area contributed by atoms with Gasteiger partial charge in [-0.05, 0) is 31.0 Å². The zero-order chi connectivity index (χ0) is 17.1. The fourth-order valence-electron chi connectivity index (χ4n) is 3.33. The number of ether oxygens (including phenoxy) is 1. The number of hydrogen-bond acceptors (Lipinski definition) is 4. The first-order chi connectivity index (χ1) is 11.6. The maximum absolute atomic E-state index is 12.6. The molecule has 2 fully saturated rings. The van der Waals surface area contributed by atoms with Gasteiger partial charge in [0.25, 0.3) is 5.91 Å². The van der Waals surface area contributed by atoms with Crippen molar-refractivity contribution in [3.8, 4) is 5.75 Å². The highest BCUT2D eigenvalue weighted by atomic mass is 35.5. The van der Waals surface area contributed by atoms with Gasteiger partial charge in [0.2, 0.25) is 0 Å². The minimum absolute atomic E-state index is 0. The van der Waals surface area contributed by atoms with E-state index >= 15 is 0 Å². The monoisotopic (exact) mass is 368 g/mol. The molecule has 1 aliphatic heterocycles. The Kier molecular flexibility index (Phi) is 6.50. The fourth-order valence-corrected chi connectivity index (χ4v) is 3.33. The average molecular weight is 369 g/mol. The summed E-state index contributed by atoms with van der Waals surface area (Å²) in [5, 5.41) is 5.78. The number of carbonyl (C=O) groups excluding carboxylic acids is 2. The summed E-state index contributed by atoms with van der Waals surface area (Å²) in [6.07, 6.45) is 4.04. The van der Waals surface area contributed by atoms with Crippen LogP contribution in [0.5, 0.6) is 5.75 Å². The van der Waals surface area contributed by atoms with Crippen LogP contribution in [-0.2, 0) is 0 Å². The number of nitrogens with zero attached hydrogens (tertiary/aromatic N) is 1. The van der Waals surface area contributed by atoms with Gasteiger partial charge in [-0.25, -0.2) is 4.79 Å². The normalized spacial score (nSPS) is 22.8. The predicted octanol–water partition coefficient (Wildman–Crippen LogP) is 1.65. The first kappa shape index (κ1) is 19.3. The molecule has 0 bridgehead atoms. The van der Waals surface area contributed by atoms with Crippen LogP contribution in [0.25, 0.3) is 0 Å². The number of nitrogens with one attached hydrogen (secondary N) is 2. The molecule has 2 aliphatic rings. The third-order valence-electron chi connectivity index (χ3n) is 4.72. The molecule has 4 N–H and O–H groups in total. The molecule has 2 atom stereocenters. The molecule has 7 nitrogen and oxygen atoms in total. The zero-order valence-electron chi connectivity index (χ0n) is 14.3. The van der Waals surface area contributed by atoms with E-state index in [1.165, 1.54) is 0 Å². The molecule has 0 unspecified atom stereocenters. The van der Waals surface area contributed by atoms with Crippen LogP contribution >= 0.6 is 12.4 Å². The van der Waals surface area contributed by atoms with Crippen LogP contribution in [-0.4, -0.2) is 44.2 Å². The van der Waals surface area contributed by atoms with Gasteiger partial charge in [0.1, 0.15) is 5.75 Å². The summed E-state index contributed by atoms with van der Waals surface area (Å²) in [5.41, 5.74) is 7.21. The highest BCUT2D eigenvalue weighted by Gasteiger charge is 2.27. The van der Waals surface area contributed by atoms with E-state index in [1.807, 2.05) is 0 Å². The van der Waals surface area contributed by atoms with Crippen LogP contribution in [0.2, 0.25) is 0 Å². The van der Waals surface area contributed by atoms with Crippen molar-refractivity contribution in [2.75, 3.05) is 25.1 Å². The first-order valence-electron chi connectivity index (χ1n) is 8.40. The second-order valence-electron chi connectivity index (χ2n) is 6.30. The quantitative estimate of drug-likeness (QED) is 0.752. The van der Waals surface area contributed by atoms with Gasteiger partial charge in [-0.2, -0.15) is 0 Å². The molecule has 1 aromatic carbocycles. The van der Waals surface area contributed by atoms with Gasteiger partial charge in [-0.3, -0.25) is 9.69 Å². The Balaban J connectivity index is 0.00000225. The maximum Gasteiger partial charge on any atom is 0.322 e. The fraction of sp³-hybridized carbons (Fsp3) is 0.529. The van der Waals surface area contributed by atoms with Crippen molar-refractivity contribution >= 4 is 30.0 Å². The molecular weight excluding hydrogens is 344 g/mol. The van der Waals surface area contributed by atoms with Gasteiger partial charge in [0.05, 0.1) is 12.8 Å². The van der Waals surface area contributed by atoms with Crippen molar-refractivity contribution < 1.29 is 14.3 Å². The Morgan fingerprint density at radius 2 is 2.12 bits per heavy atom. The largest absolute Gasteiger partial charge is 0.495 e. The van der Waals surface area contributed by atoms with E-state index in [-0.39, 0.29) is 36.4 Å². The molecule has 25 heavy (non-hydrogen) atoms. The van der Waals surface area contributed by atoms with Gasteiger partial charge in [0.15, 0.2) is 0 Å². The third kappa shape index (κ3) is 4.16. The highest BCUT2D eigenvalue weighted by Crippen LogP contribution is 2.30. The smallest absolute Gasteiger partial charge is 0.322 e. The predicted molar refractivity (Wildman–Crippen MR) is 98.7 cm³/mol. The molecule has 0 radical (unpaired) electrons. The molecule has 3 amide bonds. The van der Waals surface area contributed by atoms with Crippen LogP contribution in [0.1, 0.15) is 36.0 Å². The number of amides is 3. The Bertz CT molecular complexity index is 640. The summed E-state index contributed by atoms with van der Waals surface area (Å²) in [6, 6.07) is 4.96. The van der Waals surface area contributed by atoms with Crippen molar-refractivity contribution in [2.24, 2.45) is 5.73 Å². The Morgan fingerprint density at radius 1 is 1.36 bits per heavy atom. The van der Waals surface area contributed by atoms with Gasteiger partial charge in [-0.1, -0.05) is 12.8 Å². The molecule has 3 rings (SSSR count). The van der Waals surface area contributed by atoms with Gasteiger partial charge >= 0.3 is 6.03 Å². The van der Waals surface area contributed by atoms with E-state index in [0.717, 1.165) is 25.7 Å². The highest BCUT2D eigenvalue weighted by molar-refractivity contribution is 6.00. The van der Waals surface area contributed by atoms with Gasteiger partial charge < -0.3 is 21.1 Å². The second kappa shape index (κ2) is 8.40. The van der Waals surface area contributed by atoms with Crippen molar-refractivity contribution in [1.29, 1.82) is 0 Å². The molecule has 1 aliphatic carbocycles. The Hall–Kier alpha value is -1.99. The number of urea groups is 1. The topological polar surface area (TPSA) is 96.7 Å². The molecular formula is C17H25ClN4O3. The summed E-state index contributed by atoms with van der Waals surface area (Å²) in [7, 11) is 1.55. The lowest BCUT2D eigenvalue weighted by Gasteiger charge is -2.29. The number of anilines is 1. The molecule has 1 saturated carbocycles. The van der Waals surface area contributed by atoms with Gasteiger partial charge in [-0.15, -0.1) is 12.4 Å². The summed E-state index contributed by atoms with van der Waals surface area (Å²) in [4.78, 5) is 26.1. The van der Waals surface area contributed by atoms with Crippen LogP contribution in [0.4, 0.5) is 10.5 Å². The summed E-state index contributed by atoms with van der Waals surface area (Å²) in [6.45, 7) is 1.13. The van der Waals surface area contributed by atoms with Crippen molar-refractivity contribution in [1.82, 2.24) is 10.6 Å². The molecule has 0 spiro atoms. The minimum Gasteiger partial charge on any atom is -0.495 e. The summed E-state index contributed by atoms with van der Waals surface area (Å²) < 4.78 is 5.33. The van der Waals surface area contributed by atoms with Crippen LogP contribution in [0, 0.1) is 0 Å². The molecule has 0 aromatic heterocycles. The molecule has 8 heteroatoms. The number of rotatable bonds is 4. The van der Waals surface area contributed by atoms with E-state index in [4.69, 9.17) is 10.5 Å². The second-order valence-corrected chi connectivity index (χ2v) is 6.30. The van der Waals surface area contributed by atoms with Crippen LogP contribution in [0.3, 0.4) is 0 Å². The number of benzene rings is 1. The lowest BCUT2D eigenvalue weighted by molar-refractivity contribution is 0.0921. The molecule has 1 saturated heterocycles. The molecule has 1 heterocycles. The molecule has 138 valence electrons. The van der Waals surface area contributed by atoms with Gasteiger partial charge in [0, 0.05) is 30.7 Å². The van der Waals surface area contributed by atoms with E-state index in [0.29, 0.717) is 30.1 Å². The number of carbonyl (C=O) groups is 2. The number of hydrogen-bond donors (Lipinski definition) is 3. The van der Waals surface area contributed by atoms with E-state index in [1.54, 1.807) is 30.2 Å². The Morgan fingerprint density at radius 3 is 2.76 bits per heavy atom. The van der Waals surface area contributed by atoms with Crippen molar-refractivity contribution in [2.45, 2.75) is 37.8 Å². The SMILES string of the molecule is COc1ccc(C(=O)N[C@@H]2CCCC[C@H]2N)cc1N1CCNC1=O.Cl. The lowest BCUT2D eigenvalue weighted by Crippen LogP contribution is -2.49. The summed E-state index contributed by atoms with van der Waals surface area (Å²) >= 11 is 0. The third-order valence-corrected chi connectivity index (χ3v) is 4.72. The van der Waals surface area contributed by atoms with E-state index in [9.17, 15) is 9.59 Å². The molecule has 1 aromatic rings. The minimum atomic E-state index is -0.180. The van der Waals surface area contributed by atoms with Crippen molar-refractivity contribution in [3.05, 3.63) is 23.8 Å². The van der Waals surface area contributed by atoms with Crippen LogP contribution in [0.15, 0.2) is 18.2 Å². The summed E-state index contributed by atoms with van der Waals surface area (Å²) in [5.74, 6) is 0.402. The standard InChI is InChI=1S/C17H24N4O3.ClH/c1-24-15-7-6-11(10-14(15)21-9-8-19-17(21)23)16(22)20-13-5-3-2-4-12(13)18;/h6-7,10,12-13H,2-5,8-9,18H2,1H3,(H,19,23)(H,20,22);1H/t12-,13-;/m1./s1. The van der Waals surface area contributed by atoms with E-state index in [2.05, 4.69) is 10.6 Å².